The first-order chi connectivity index (χ1) is 7.88. The molecule has 1 atom stereocenters. The summed E-state index contributed by atoms with van der Waals surface area (Å²) in [5.74, 6) is 0.831. The molecule has 0 aromatic heterocycles. The maximum absolute atomic E-state index is 5.44. The zero-order valence-corrected chi connectivity index (χ0v) is 9.86. The van der Waals surface area contributed by atoms with E-state index in [-0.39, 0.29) is 0 Å². The fourth-order valence-corrected chi connectivity index (χ4v) is 2.65. The van der Waals surface area contributed by atoms with Gasteiger partial charge in [0.15, 0.2) is 0 Å². The van der Waals surface area contributed by atoms with Crippen LogP contribution in [-0.2, 0) is 4.74 Å². The van der Waals surface area contributed by atoms with E-state index in [1.807, 2.05) is 7.11 Å². The maximum atomic E-state index is 5.44. The molecule has 3 rings (SSSR count). The third-order valence-electron chi connectivity index (χ3n) is 3.77. The van der Waals surface area contributed by atoms with Crippen LogP contribution in [0.5, 0.6) is 0 Å². The van der Waals surface area contributed by atoms with Crippen LogP contribution in [0.4, 0.5) is 5.69 Å². The second kappa shape index (κ2) is 4.10. The first-order valence-electron chi connectivity index (χ1n) is 6.25. The van der Waals surface area contributed by atoms with Crippen LogP contribution in [0.25, 0.3) is 0 Å². The van der Waals surface area contributed by atoms with Gasteiger partial charge < -0.3 is 9.64 Å². The minimum Gasteiger partial charge on any atom is -0.380 e. The van der Waals surface area contributed by atoms with E-state index < -0.39 is 0 Å². The van der Waals surface area contributed by atoms with Gasteiger partial charge in [-0.2, -0.15) is 0 Å². The Morgan fingerprint density at radius 3 is 2.69 bits per heavy atom. The number of rotatable bonds is 3. The number of ether oxygens (including phenoxy) is 1. The van der Waals surface area contributed by atoms with Crippen LogP contribution in [0.1, 0.15) is 30.7 Å². The molecular formula is C14H19NO. The highest BCUT2D eigenvalue weighted by Gasteiger charge is 2.30. The number of hydrogen-bond acceptors (Lipinski definition) is 2. The third kappa shape index (κ3) is 1.82. The van der Waals surface area contributed by atoms with Crippen LogP contribution >= 0.6 is 0 Å². The van der Waals surface area contributed by atoms with Crippen molar-refractivity contribution in [3.05, 3.63) is 29.8 Å². The summed E-state index contributed by atoms with van der Waals surface area (Å²) in [5.41, 5.74) is 3.00. The zero-order valence-electron chi connectivity index (χ0n) is 9.86. The van der Waals surface area contributed by atoms with E-state index in [0.717, 1.165) is 25.4 Å². The molecule has 2 aliphatic rings. The van der Waals surface area contributed by atoms with Crippen molar-refractivity contribution in [2.75, 3.05) is 25.1 Å². The van der Waals surface area contributed by atoms with Crippen LogP contribution in [0.2, 0.25) is 0 Å². The molecule has 1 saturated carbocycles. The number of benzene rings is 1. The number of hydrogen-bond donors (Lipinski definition) is 0. The molecule has 1 unspecified atom stereocenters. The van der Waals surface area contributed by atoms with Crippen molar-refractivity contribution >= 4 is 5.69 Å². The molecule has 1 aliphatic heterocycles. The summed E-state index contributed by atoms with van der Waals surface area (Å²) in [4.78, 5) is 2.49. The number of nitrogens with zero attached hydrogens (tertiary/aromatic N) is 1. The molecule has 1 aliphatic carbocycles. The molecule has 0 spiro atoms. The van der Waals surface area contributed by atoms with Gasteiger partial charge in [-0.05, 0) is 36.8 Å². The average Bonchev–Trinajstić information content (AvgIpc) is 3.07. The lowest BCUT2D eigenvalue weighted by molar-refractivity contribution is 0.121. The van der Waals surface area contributed by atoms with E-state index in [0.29, 0.717) is 6.10 Å². The van der Waals surface area contributed by atoms with Crippen LogP contribution in [0, 0.1) is 0 Å². The van der Waals surface area contributed by atoms with E-state index in [1.54, 1.807) is 5.56 Å². The minimum absolute atomic E-state index is 0.423. The van der Waals surface area contributed by atoms with Gasteiger partial charge in [-0.3, -0.25) is 0 Å². The predicted octanol–water partition coefficient (Wildman–Crippen LogP) is 2.79. The molecule has 1 saturated heterocycles. The Hall–Kier alpha value is -1.02. The highest BCUT2D eigenvalue weighted by molar-refractivity contribution is 5.57. The molecule has 0 bridgehead atoms. The Balaban J connectivity index is 1.83. The van der Waals surface area contributed by atoms with E-state index in [1.165, 1.54) is 18.5 Å². The summed E-state index contributed by atoms with van der Waals surface area (Å²) >= 11 is 0. The summed E-state index contributed by atoms with van der Waals surface area (Å²) in [6, 6.07) is 8.89. The van der Waals surface area contributed by atoms with Crippen LogP contribution in [-0.4, -0.2) is 26.3 Å². The normalized spacial score (nSPS) is 25.1. The number of methoxy groups -OCH3 is 1. The highest BCUT2D eigenvalue weighted by atomic mass is 16.5. The summed E-state index contributed by atoms with van der Waals surface area (Å²) in [6.45, 7) is 2.20. The molecule has 0 amide bonds. The van der Waals surface area contributed by atoms with Crippen molar-refractivity contribution in [2.45, 2.75) is 31.3 Å². The van der Waals surface area contributed by atoms with E-state index in [2.05, 4.69) is 29.2 Å². The lowest BCUT2D eigenvalue weighted by Crippen LogP contribution is -2.23. The van der Waals surface area contributed by atoms with Crippen molar-refractivity contribution in [3.8, 4) is 0 Å². The zero-order chi connectivity index (χ0) is 11.0. The van der Waals surface area contributed by atoms with Crippen molar-refractivity contribution in [3.63, 3.8) is 0 Å². The topological polar surface area (TPSA) is 12.5 Å². The molecule has 0 radical (unpaired) electrons. The molecule has 0 N–H and O–H groups in total. The average molecular weight is 217 g/mol. The number of para-hydroxylation sites is 1. The van der Waals surface area contributed by atoms with Crippen LogP contribution in [0.15, 0.2) is 24.3 Å². The molecule has 2 heteroatoms. The smallest absolute Gasteiger partial charge is 0.0762 e. The molecule has 1 aromatic carbocycles. The van der Waals surface area contributed by atoms with Gasteiger partial charge in [0.05, 0.1) is 6.10 Å². The summed E-state index contributed by atoms with van der Waals surface area (Å²) in [5, 5.41) is 0. The first kappa shape index (κ1) is 10.2. The van der Waals surface area contributed by atoms with Gasteiger partial charge in [-0.15, -0.1) is 0 Å². The van der Waals surface area contributed by atoms with E-state index in [4.69, 9.17) is 4.74 Å². The van der Waals surface area contributed by atoms with Gasteiger partial charge >= 0.3 is 0 Å². The fraction of sp³-hybridized carbons (Fsp3) is 0.571. The molecule has 1 heterocycles. The molecule has 2 nitrogen and oxygen atoms in total. The summed E-state index contributed by atoms with van der Waals surface area (Å²) in [6.07, 6.45) is 4.33. The summed E-state index contributed by atoms with van der Waals surface area (Å²) < 4.78 is 5.44. The van der Waals surface area contributed by atoms with Gasteiger partial charge in [0.25, 0.3) is 0 Å². The Labute approximate surface area is 97.2 Å². The van der Waals surface area contributed by atoms with Crippen molar-refractivity contribution in [2.24, 2.45) is 0 Å². The second-order valence-electron chi connectivity index (χ2n) is 4.93. The van der Waals surface area contributed by atoms with Crippen LogP contribution < -0.4 is 4.90 Å². The largest absolute Gasteiger partial charge is 0.380 e. The van der Waals surface area contributed by atoms with Gasteiger partial charge in [-0.25, -0.2) is 0 Å². The molecule has 16 heavy (non-hydrogen) atoms. The molecule has 86 valence electrons. The van der Waals surface area contributed by atoms with Gasteiger partial charge in [-0.1, -0.05) is 18.2 Å². The van der Waals surface area contributed by atoms with Crippen LogP contribution in [0.3, 0.4) is 0 Å². The quantitative estimate of drug-likeness (QED) is 0.772. The second-order valence-corrected chi connectivity index (χ2v) is 4.93. The SMILES string of the molecule is COC1CCN(c2ccccc2C2CC2)C1. The van der Waals surface area contributed by atoms with Gasteiger partial charge in [0, 0.05) is 25.9 Å². The lowest BCUT2D eigenvalue weighted by atomic mass is 10.1. The van der Waals surface area contributed by atoms with E-state index >= 15 is 0 Å². The molecule has 1 aromatic rings. The first-order valence-corrected chi connectivity index (χ1v) is 6.25. The van der Waals surface area contributed by atoms with Gasteiger partial charge in [0.1, 0.15) is 0 Å². The molecule has 2 fully saturated rings. The minimum atomic E-state index is 0.423. The third-order valence-corrected chi connectivity index (χ3v) is 3.77. The highest BCUT2D eigenvalue weighted by Crippen LogP contribution is 2.44. The molecular weight excluding hydrogens is 198 g/mol. The van der Waals surface area contributed by atoms with Gasteiger partial charge in [0.2, 0.25) is 0 Å². The van der Waals surface area contributed by atoms with Crippen molar-refractivity contribution < 1.29 is 4.74 Å². The lowest BCUT2D eigenvalue weighted by Gasteiger charge is -2.21. The maximum Gasteiger partial charge on any atom is 0.0762 e. The van der Waals surface area contributed by atoms with Crippen molar-refractivity contribution in [1.82, 2.24) is 0 Å². The Kier molecular flexibility index (Phi) is 2.60. The monoisotopic (exact) mass is 217 g/mol. The van der Waals surface area contributed by atoms with Crippen molar-refractivity contribution in [1.29, 1.82) is 0 Å². The fourth-order valence-electron chi connectivity index (χ4n) is 2.65. The van der Waals surface area contributed by atoms with E-state index in [9.17, 15) is 0 Å². The summed E-state index contributed by atoms with van der Waals surface area (Å²) in [7, 11) is 1.82. The Morgan fingerprint density at radius 1 is 1.19 bits per heavy atom. The number of anilines is 1. The Morgan fingerprint density at radius 2 is 2.00 bits per heavy atom. The predicted molar refractivity (Wildman–Crippen MR) is 66.0 cm³/mol. The Bertz CT molecular complexity index is 373. The standard InChI is InChI=1S/C14H19NO/c1-16-12-8-9-15(10-12)14-5-3-2-4-13(14)11-6-7-11/h2-5,11-12H,6-10H2,1H3.